The summed E-state index contributed by atoms with van der Waals surface area (Å²) in [4.78, 5) is 23.6. The third-order valence-electron chi connectivity index (χ3n) is 4.06. The van der Waals surface area contributed by atoms with E-state index in [0.717, 1.165) is 15.9 Å². The smallest absolute Gasteiger partial charge is 0.259 e. The molecule has 1 aromatic heterocycles. The molecule has 2 aromatic carbocycles. The van der Waals surface area contributed by atoms with Gasteiger partial charge in [0.1, 0.15) is 5.69 Å². The molecule has 2 heterocycles. The SMILES string of the molecule is Cc1ccc(-c2c(Cl)c3cc4c(cc3n2O)C(=O)NC4=O)cc1. The number of hydrogen-bond acceptors (Lipinski definition) is 3. The Kier molecular flexibility index (Phi) is 2.77. The molecule has 0 atom stereocenters. The van der Waals surface area contributed by atoms with Gasteiger partial charge >= 0.3 is 0 Å². The molecule has 0 radical (unpaired) electrons. The summed E-state index contributed by atoms with van der Waals surface area (Å²) >= 11 is 6.43. The predicted molar refractivity (Wildman–Crippen MR) is 86.1 cm³/mol. The Morgan fingerprint density at radius 2 is 1.65 bits per heavy atom. The number of benzene rings is 2. The number of carbonyl (C=O) groups is 2. The third kappa shape index (κ3) is 1.87. The number of rotatable bonds is 1. The average Bonchev–Trinajstić information content (AvgIpc) is 2.94. The molecule has 0 saturated heterocycles. The highest BCUT2D eigenvalue weighted by Gasteiger charge is 2.29. The molecule has 1 aliphatic rings. The lowest BCUT2D eigenvalue weighted by Gasteiger charge is -2.04. The van der Waals surface area contributed by atoms with Crippen LogP contribution in [-0.2, 0) is 0 Å². The fourth-order valence-electron chi connectivity index (χ4n) is 2.85. The number of aromatic nitrogens is 1. The molecule has 2 N–H and O–H groups in total. The van der Waals surface area contributed by atoms with Crippen molar-refractivity contribution < 1.29 is 14.8 Å². The number of halogens is 1. The van der Waals surface area contributed by atoms with Crippen molar-refractivity contribution >= 4 is 34.3 Å². The minimum atomic E-state index is -0.471. The van der Waals surface area contributed by atoms with E-state index >= 15 is 0 Å². The molecule has 1 aliphatic heterocycles. The standard InChI is InChI=1S/C17H11ClN2O3/c1-8-2-4-9(5-3-8)15-14(18)12-6-10-11(7-13(12)20(15)23)17(22)19-16(10)21/h2-7,23H,1H3,(H,19,21,22). The third-order valence-corrected chi connectivity index (χ3v) is 4.44. The highest BCUT2D eigenvalue weighted by Crippen LogP contribution is 2.38. The molecule has 0 spiro atoms. The van der Waals surface area contributed by atoms with E-state index in [2.05, 4.69) is 5.32 Å². The number of fused-ring (bicyclic) bond motifs is 2. The summed E-state index contributed by atoms with van der Waals surface area (Å²) in [5.41, 5.74) is 3.15. The first-order valence-corrected chi connectivity index (χ1v) is 7.35. The van der Waals surface area contributed by atoms with Crippen molar-refractivity contribution in [3.63, 3.8) is 0 Å². The van der Waals surface area contributed by atoms with Crippen LogP contribution in [0, 0.1) is 6.92 Å². The van der Waals surface area contributed by atoms with Gasteiger partial charge in [-0.15, -0.1) is 0 Å². The van der Waals surface area contributed by atoms with Crippen LogP contribution < -0.4 is 5.32 Å². The van der Waals surface area contributed by atoms with E-state index in [1.54, 1.807) is 0 Å². The maximum absolute atomic E-state index is 11.8. The molecule has 0 unspecified atom stereocenters. The minimum Gasteiger partial charge on any atom is -0.428 e. The second kappa shape index (κ2) is 4.60. The van der Waals surface area contributed by atoms with E-state index in [4.69, 9.17) is 11.6 Å². The van der Waals surface area contributed by atoms with Crippen molar-refractivity contribution in [3.8, 4) is 11.3 Å². The highest BCUT2D eigenvalue weighted by atomic mass is 35.5. The minimum absolute atomic E-state index is 0.238. The largest absolute Gasteiger partial charge is 0.428 e. The van der Waals surface area contributed by atoms with Crippen molar-refractivity contribution in [2.75, 3.05) is 0 Å². The number of imide groups is 1. The number of amides is 2. The van der Waals surface area contributed by atoms with E-state index in [1.807, 2.05) is 31.2 Å². The molecular weight excluding hydrogens is 316 g/mol. The van der Waals surface area contributed by atoms with Crippen LogP contribution in [0.4, 0.5) is 0 Å². The molecule has 4 rings (SSSR count). The monoisotopic (exact) mass is 326 g/mol. The van der Waals surface area contributed by atoms with E-state index in [-0.39, 0.29) is 11.1 Å². The maximum Gasteiger partial charge on any atom is 0.259 e. The molecule has 6 heteroatoms. The first-order valence-electron chi connectivity index (χ1n) is 6.97. The number of carbonyl (C=O) groups excluding carboxylic acids is 2. The Bertz CT molecular complexity index is 946. The summed E-state index contributed by atoms with van der Waals surface area (Å²) in [7, 11) is 0. The Morgan fingerprint density at radius 1 is 1.04 bits per heavy atom. The fourth-order valence-corrected chi connectivity index (χ4v) is 3.19. The molecule has 5 nitrogen and oxygen atoms in total. The molecule has 2 amide bonds. The second-order valence-electron chi connectivity index (χ2n) is 5.54. The van der Waals surface area contributed by atoms with Crippen LogP contribution >= 0.6 is 11.6 Å². The summed E-state index contributed by atoms with van der Waals surface area (Å²) in [5.74, 6) is -0.924. The summed E-state index contributed by atoms with van der Waals surface area (Å²) in [6, 6.07) is 10.6. The van der Waals surface area contributed by atoms with Gasteiger partial charge in [-0.1, -0.05) is 41.4 Å². The highest BCUT2D eigenvalue weighted by molar-refractivity contribution is 6.39. The van der Waals surface area contributed by atoms with E-state index < -0.39 is 11.8 Å². The van der Waals surface area contributed by atoms with Crippen molar-refractivity contribution in [2.45, 2.75) is 6.92 Å². The number of nitrogens with one attached hydrogen (secondary N) is 1. The summed E-state index contributed by atoms with van der Waals surface area (Å²) < 4.78 is 0.957. The molecule has 3 aromatic rings. The van der Waals surface area contributed by atoms with Crippen LogP contribution in [0.15, 0.2) is 36.4 Å². The predicted octanol–water partition coefficient (Wildman–Crippen LogP) is 3.39. The molecule has 0 fully saturated rings. The van der Waals surface area contributed by atoms with Crippen molar-refractivity contribution in [2.24, 2.45) is 0 Å². The molecular formula is C17H11ClN2O3. The first kappa shape index (κ1) is 13.8. The van der Waals surface area contributed by atoms with Crippen molar-refractivity contribution in [1.82, 2.24) is 10.0 Å². The van der Waals surface area contributed by atoms with Crippen molar-refractivity contribution in [1.29, 1.82) is 0 Å². The first-order chi connectivity index (χ1) is 11.0. The molecule has 0 saturated carbocycles. The lowest BCUT2D eigenvalue weighted by molar-refractivity contribution is 0.0879. The van der Waals surface area contributed by atoms with Gasteiger partial charge in [-0.25, -0.2) is 0 Å². The van der Waals surface area contributed by atoms with Gasteiger partial charge in [0.2, 0.25) is 0 Å². The topological polar surface area (TPSA) is 71.3 Å². The van der Waals surface area contributed by atoms with Crippen LogP contribution in [0.3, 0.4) is 0 Å². The molecule has 0 aliphatic carbocycles. The van der Waals surface area contributed by atoms with Crippen LogP contribution in [0.5, 0.6) is 0 Å². The molecule has 23 heavy (non-hydrogen) atoms. The fraction of sp³-hybridized carbons (Fsp3) is 0.0588. The van der Waals surface area contributed by atoms with Crippen molar-refractivity contribution in [3.05, 3.63) is 58.1 Å². The van der Waals surface area contributed by atoms with Gasteiger partial charge in [0.15, 0.2) is 0 Å². The van der Waals surface area contributed by atoms with Crippen LogP contribution in [-0.4, -0.2) is 21.8 Å². The van der Waals surface area contributed by atoms with E-state index in [1.165, 1.54) is 12.1 Å². The molecule has 0 bridgehead atoms. The second-order valence-corrected chi connectivity index (χ2v) is 5.92. The Labute approximate surface area is 136 Å². The molecule has 114 valence electrons. The zero-order valence-corrected chi connectivity index (χ0v) is 12.8. The average molecular weight is 327 g/mol. The van der Waals surface area contributed by atoms with Gasteiger partial charge in [-0.3, -0.25) is 14.9 Å². The number of nitrogens with zero attached hydrogens (tertiary/aromatic N) is 1. The van der Waals surface area contributed by atoms with Gasteiger partial charge in [0.25, 0.3) is 11.8 Å². The number of hydrogen-bond donors (Lipinski definition) is 2. The maximum atomic E-state index is 11.8. The van der Waals surface area contributed by atoms with Gasteiger partial charge in [-0.05, 0) is 19.1 Å². The Hall–Kier alpha value is -2.79. The summed E-state index contributed by atoms with van der Waals surface area (Å²) in [6.45, 7) is 1.97. The van der Waals surface area contributed by atoms with E-state index in [9.17, 15) is 14.8 Å². The Balaban J connectivity index is 2.03. The zero-order valence-electron chi connectivity index (χ0n) is 12.1. The quantitative estimate of drug-likeness (QED) is 0.532. The lowest BCUT2D eigenvalue weighted by atomic mass is 10.1. The van der Waals surface area contributed by atoms with E-state index in [0.29, 0.717) is 21.6 Å². The van der Waals surface area contributed by atoms with Gasteiger partial charge in [0.05, 0.1) is 21.7 Å². The zero-order chi connectivity index (χ0) is 16.3. The summed E-state index contributed by atoms with van der Waals surface area (Å²) in [5, 5.41) is 13.6. The summed E-state index contributed by atoms with van der Waals surface area (Å²) in [6.07, 6.45) is 0. The number of aryl methyl sites for hydroxylation is 1. The van der Waals surface area contributed by atoms with Crippen LogP contribution in [0.25, 0.3) is 22.2 Å². The Morgan fingerprint density at radius 3 is 2.30 bits per heavy atom. The van der Waals surface area contributed by atoms with Crippen LogP contribution in [0.1, 0.15) is 26.3 Å². The van der Waals surface area contributed by atoms with Gasteiger partial charge in [0, 0.05) is 10.9 Å². The normalized spacial score (nSPS) is 13.5. The van der Waals surface area contributed by atoms with Crippen LogP contribution in [0.2, 0.25) is 5.02 Å². The lowest BCUT2D eigenvalue weighted by Crippen LogP contribution is -2.19. The van der Waals surface area contributed by atoms with Gasteiger partial charge in [-0.2, -0.15) is 4.73 Å². The van der Waals surface area contributed by atoms with Gasteiger partial charge < -0.3 is 5.21 Å².